The Hall–Kier alpha value is -3.61. The van der Waals surface area contributed by atoms with E-state index in [0.717, 1.165) is 5.69 Å². The number of hydrogen-bond acceptors (Lipinski definition) is 4. The normalized spacial score (nSPS) is 11.0. The lowest BCUT2D eigenvalue weighted by Crippen LogP contribution is -2.19. The number of rotatable bonds is 5. The van der Waals surface area contributed by atoms with Crippen molar-refractivity contribution in [3.8, 4) is 11.5 Å². The van der Waals surface area contributed by atoms with Crippen molar-refractivity contribution in [1.29, 1.82) is 0 Å². The minimum absolute atomic E-state index is 0.00900. The number of carbonyl (C=O) groups excluding carboxylic acids is 2. The van der Waals surface area contributed by atoms with E-state index in [2.05, 4.69) is 41.6 Å². The standard InChI is InChI=1S/C22H24N4O3/c1-14(27)15-5-9-17(10-6-15)29-18-11-7-16(8-12-18)23-21(28)24-20-13-19(25-26-20)22(2,3)4/h5-13H,1-4H3,(H3,23,24,25,26,28). The van der Waals surface area contributed by atoms with E-state index in [4.69, 9.17) is 4.74 Å². The van der Waals surface area contributed by atoms with Gasteiger partial charge < -0.3 is 10.1 Å². The number of H-pyrrole nitrogens is 1. The second-order valence-corrected chi connectivity index (χ2v) is 7.70. The van der Waals surface area contributed by atoms with Gasteiger partial charge in [0.25, 0.3) is 0 Å². The summed E-state index contributed by atoms with van der Waals surface area (Å²) in [7, 11) is 0. The molecule has 2 aromatic carbocycles. The molecule has 29 heavy (non-hydrogen) atoms. The molecule has 0 aliphatic heterocycles. The Balaban J connectivity index is 1.56. The SMILES string of the molecule is CC(=O)c1ccc(Oc2ccc(NC(=O)Nc3cc(C(C)(C)C)[nH]n3)cc2)cc1. The highest BCUT2D eigenvalue weighted by atomic mass is 16.5. The van der Waals surface area contributed by atoms with E-state index in [-0.39, 0.29) is 17.2 Å². The number of anilines is 2. The van der Waals surface area contributed by atoms with Crippen LogP contribution in [0.25, 0.3) is 0 Å². The van der Waals surface area contributed by atoms with Crippen molar-refractivity contribution >= 4 is 23.3 Å². The van der Waals surface area contributed by atoms with Crippen LogP contribution in [-0.4, -0.2) is 22.0 Å². The monoisotopic (exact) mass is 392 g/mol. The first-order chi connectivity index (χ1) is 13.7. The fourth-order valence-electron chi connectivity index (χ4n) is 2.55. The Morgan fingerprint density at radius 1 is 0.931 bits per heavy atom. The van der Waals surface area contributed by atoms with E-state index in [9.17, 15) is 9.59 Å². The summed E-state index contributed by atoms with van der Waals surface area (Å²) in [5.74, 6) is 1.71. The van der Waals surface area contributed by atoms with Crippen molar-refractivity contribution in [3.05, 3.63) is 65.9 Å². The molecule has 0 saturated heterocycles. The van der Waals surface area contributed by atoms with E-state index >= 15 is 0 Å². The lowest BCUT2D eigenvalue weighted by Gasteiger charge is -2.14. The molecule has 2 amide bonds. The molecule has 0 saturated carbocycles. The predicted octanol–water partition coefficient (Wildman–Crippen LogP) is 5.35. The molecular weight excluding hydrogens is 368 g/mol. The van der Waals surface area contributed by atoms with Gasteiger partial charge >= 0.3 is 6.03 Å². The highest BCUT2D eigenvalue weighted by molar-refractivity contribution is 5.99. The second kappa shape index (κ2) is 8.18. The molecular formula is C22H24N4O3. The van der Waals surface area contributed by atoms with Crippen LogP contribution in [0.4, 0.5) is 16.3 Å². The summed E-state index contributed by atoms with van der Waals surface area (Å²) in [4.78, 5) is 23.5. The number of urea groups is 1. The van der Waals surface area contributed by atoms with Crippen molar-refractivity contribution in [1.82, 2.24) is 10.2 Å². The molecule has 0 atom stereocenters. The number of ketones is 1. The number of ether oxygens (including phenoxy) is 1. The van der Waals surface area contributed by atoms with Gasteiger partial charge in [-0.25, -0.2) is 4.79 Å². The van der Waals surface area contributed by atoms with Gasteiger partial charge in [0.15, 0.2) is 11.6 Å². The highest BCUT2D eigenvalue weighted by Crippen LogP contribution is 2.24. The van der Waals surface area contributed by atoms with Crippen molar-refractivity contribution in [3.63, 3.8) is 0 Å². The van der Waals surface area contributed by atoms with Crippen molar-refractivity contribution in [2.45, 2.75) is 33.1 Å². The first-order valence-electron chi connectivity index (χ1n) is 9.23. The maximum absolute atomic E-state index is 12.2. The minimum Gasteiger partial charge on any atom is -0.457 e. The largest absolute Gasteiger partial charge is 0.457 e. The maximum Gasteiger partial charge on any atom is 0.324 e. The van der Waals surface area contributed by atoms with Gasteiger partial charge in [-0.05, 0) is 55.5 Å². The summed E-state index contributed by atoms with van der Waals surface area (Å²) < 4.78 is 5.75. The third-order valence-electron chi connectivity index (χ3n) is 4.24. The fraction of sp³-hybridized carbons (Fsp3) is 0.227. The molecule has 0 spiro atoms. The molecule has 3 aromatic rings. The van der Waals surface area contributed by atoms with E-state index in [1.165, 1.54) is 6.92 Å². The van der Waals surface area contributed by atoms with Gasteiger partial charge in [0, 0.05) is 28.4 Å². The van der Waals surface area contributed by atoms with Crippen LogP contribution < -0.4 is 15.4 Å². The zero-order valence-electron chi connectivity index (χ0n) is 16.9. The molecule has 0 bridgehead atoms. The van der Waals surface area contributed by atoms with Crippen LogP contribution in [0.15, 0.2) is 54.6 Å². The van der Waals surface area contributed by atoms with Gasteiger partial charge in [-0.2, -0.15) is 5.10 Å². The topological polar surface area (TPSA) is 96.1 Å². The van der Waals surface area contributed by atoms with E-state index in [0.29, 0.717) is 28.6 Å². The summed E-state index contributed by atoms with van der Waals surface area (Å²) >= 11 is 0. The van der Waals surface area contributed by atoms with Crippen molar-refractivity contribution < 1.29 is 14.3 Å². The van der Waals surface area contributed by atoms with Gasteiger partial charge in [-0.3, -0.25) is 15.2 Å². The predicted molar refractivity (Wildman–Crippen MR) is 113 cm³/mol. The van der Waals surface area contributed by atoms with E-state index < -0.39 is 0 Å². The molecule has 7 nitrogen and oxygen atoms in total. The molecule has 0 aliphatic carbocycles. The van der Waals surface area contributed by atoms with Crippen molar-refractivity contribution in [2.24, 2.45) is 0 Å². The number of carbonyl (C=O) groups is 2. The molecule has 0 radical (unpaired) electrons. The van der Waals surface area contributed by atoms with E-state index in [1.54, 1.807) is 48.5 Å². The third kappa shape index (κ3) is 5.44. The smallest absolute Gasteiger partial charge is 0.324 e. The molecule has 0 fully saturated rings. The first-order valence-corrected chi connectivity index (χ1v) is 9.23. The lowest BCUT2D eigenvalue weighted by molar-refractivity contribution is 0.101. The molecule has 0 unspecified atom stereocenters. The van der Waals surface area contributed by atoms with Crippen LogP contribution in [0.1, 0.15) is 43.7 Å². The minimum atomic E-state index is -0.384. The fourth-order valence-corrected chi connectivity index (χ4v) is 2.55. The third-order valence-corrected chi connectivity index (χ3v) is 4.24. The number of hydrogen-bond donors (Lipinski definition) is 3. The Bertz CT molecular complexity index is 1000. The number of nitrogens with one attached hydrogen (secondary N) is 3. The summed E-state index contributed by atoms with van der Waals surface area (Å²) in [5.41, 5.74) is 2.11. The average Bonchev–Trinajstić information content (AvgIpc) is 3.12. The maximum atomic E-state index is 12.2. The number of nitrogens with zero attached hydrogens (tertiary/aromatic N) is 1. The second-order valence-electron chi connectivity index (χ2n) is 7.70. The molecule has 150 valence electrons. The van der Waals surface area contributed by atoms with Crippen LogP contribution in [0.5, 0.6) is 11.5 Å². The Morgan fingerprint density at radius 2 is 1.52 bits per heavy atom. The van der Waals surface area contributed by atoms with Crippen LogP contribution in [0.2, 0.25) is 0 Å². The molecule has 3 N–H and O–H groups in total. The molecule has 7 heteroatoms. The first kappa shape index (κ1) is 20.1. The van der Waals surface area contributed by atoms with Crippen LogP contribution in [-0.2, 0) is 5.41 Å². The van der Waals surface area contributed by atoms with Gasteiger partial charge in [0.2, 0.25) is 0 Å². The molecule has 0 aliphatic rings. The summed E-state index contributed by atoms with van der Waals surface area (Å²) in [5, 5.41) is 12.5. The Labute approximate surface area is 169 Å². The quantitative estimate of drug-likeness (QED) is 0.510. The van der Waals surface area contributed by atoms with Crippen LogP contribution in [0, 0.1) is 0 Å². The average molecular weight is 392 g/mol. The summed E-state index contributed by atoms with van der Waals surface area (Å²) in [6.45, 7) is 7.70. The number of benzene rings is 2. The van der Waals surface area contributed by atoms with Crippen molar-refractivity contribution in [2.75, 3.05) is 10.6 Å². The number of aromatic nitrogens is 2. The molecule has 3 rings (SSSR count). The van der Waals surface area contributed by atoms with Crippen LogP contribution >= 0.6 is 0 Å². The molecule has 1 heterocycles. The number of Topliss-reactive ketones (excluding diaryl/α,β-unsaturated/α-hetero) is 1. The molecule has 1 aromatic heterocycles. The zero-order chi connectivity index (χ0) is 21.0. The highest BCUT2D eigenvalue weighted by Gasteiger charge is 2.17. The van der Waals surface area contributed by atoms with Gasteiger partial charge in [-0.1, -0.05) is 20.8 Å². The zero-order valence-corrected chi connectivity index (χ0v) is 16.9. The Kier molecular flexibility index (Phi) is 5.68. The number of aromatic amines is 1. The van der Waals surface area contributed by atoms with Gasteiger partial charge in [0.1, 0.15) is 11.5 Å². The van der Waals surface area contributed by atoms with Crippen LogP contribution in [0.3, 0.4) is 0 Å². The Morgan fingerprint density at radius 3 is 2.03 bits per heavy atom. The van der Waals surface area contributed by atoms with Gasteiger partial charge in [0.05, 0.1) is 0 Å². The summed E-state index contributed by atoms with van der Waals surface area (Å²) in [6, 6.07) is 15.3. The van der Waals surface area contributed by atoms with E-state index in [1.807, 2.05) is 6.07 Å². The van der Waals surface area contributed by atoms with Gasteiger partial charge in [-0.15, -0.1) is 0 Å². The summed E-state index contributed by atoms with van der Waals surface area (Å²) in [6.07, 6.45) is 0. The number of amides is 2. The lowest BCUT2D eigenvalue weighted by atomic mass is 9.92.